The van der Waals surface area contributed by atoms with Gasteiger partial charge in [0, 0.05) is 17.5 Å². The molecule has 2 heterocycles. The van der Waals surface area contributed by atoms with Gasteiger partial charge in [0.1, 0.15) is 6.33 Å². The standard InChI is InChI=1S/C18H26N4OS2/c1-13-5-3-7-16(14(13)2)20-17(23)11-25-18-21-19-12-22(18)9-8-15-6-4-10-24-15/h4,6,10,12-14,16H,3,5,7-9,11H2,1-2H3,(H,20,23). The Kier molecular flexibility index (Phi) is 6.53. The highest BCUT2D eigenvalue weighted by Crippen LogP contribution is 2.29. The second-order valence-corrected chi connectivity index (χ2v) is 8.84. The van der Waals surface area contributed by atoms with E-state index in [1.807, 2.05) is 4.57 Å². The van der Waals surface area contributed by atoms with Crippen molar-refractivity contribution < 1.29 is 4.79 Å². The molecule has 2 aromatic heterocycles. The Bertz CT molecular complexity index is 670. The van der Waals surface area contributed by atoms with Crippen LogP contribution in [0.3, 0.4) is 0 Å². The van der Waals surface area contributed by atoms with Crippen LogP contribution in [0.4, 0.5) is 0 Å². The van der Waals surface area contributed by atoms with E-state index in [2.05, 4.69) is 46.9 Å². The minimum absolute atomic E-state index is 0.101. The predicted molar refractivity (Wildman–Crippen MR) is 103 cm³/mol. The number of nitrogens with zero attached hydrogens (tertiary/aromatic N) is 3. The van der Waals surface area contributed by atoms with Crippen LogP contribution in [0.25, 0.3) is 0 Å². The molecule has 1 amide bonds. The number of aryl methyl sites for hydroxylation is 2. The molecule has 1 saturated carbocycles. The molecule has 7 heteroatoms. The summed E-state index contributed by atoms with van der Waals surface area (Å²) in [5.41, 5.74) is 0. The summed E-state index contributed by atoms with van der Waals surface area (Å²) in [5, 5.41) is 14.3. The average Bonchev–Trinajstić information content (AvgIpc) is 3.26. The van der Waals surface area contributed by atoms with Gasteiger partial charge >= 0.3 is 0 Å². The van der Waals surface area contributed by atoms with Gasteiger partial charge in [0.05, 0.1) is 5.75 Å². The van der Waals surface area contributed by atoms with Gasteiger partial charge in [-0.2, -0.15) is 0 Å². The number of hydrogen-bond acceptors (Lipinski definition) is 5. The lowest BCUT2D eigenvalue weighted by Crippen LogP contribution is -2.44. The minimum Gasteiger partial charge on any atom is -0.352 e. The summed E-state index contributed by atoms with van der Waals surface area (Å²) in [5.74, 6) is 1.74. The molecule has 0 bridgehead atoms. The molecular weight excluding hydrogens is 352 g/mol. The third-order valence-electron chi connectivity index (χ3n) is 5.14. The Labute approximate surface area is 157 Å². The molecule has 1 aliphatic rings. The van der Waals surface area contributed by atoms with Crippen LogP contribution in [-0.2, 0) is 17.8 Å². The first-order chi connectivity index (χ1) is 12.1. The van der Waals surface area contributed by atoms with Gasteiger partial charge in [-0.05, 0) is 36.1 Å². The van der Waals surface area contributed by atoms with E-state index in [9.17, 15) is 4.79 Å². The van der Waals surface area contributed by atoms with Crippen LogP contribution >= 0.6 is 23.1 Å². The lowest BCUT2D eigenvalue weighted by Gasteiger charge is -2.34. The Hall–Kier alpha value is -1.34. The van der Waals surface area contributed by atoms with Crippen molar-refractivity contribution in [3.63, 3.8) is 0 Å². The molecule has 0 spiro atoms. The molecule has 3 atom stereocenters. The fraction of sp³-hybridized carbons (Fsp3) is 0.611. The first-order valence-corrected chi connectivity index (χ1v) is 10.8. The van der Waals surface area contributed by atoms with E-state index in [-0.39, 0.29) is 5.91 Å². The van der Waals surface area contributed by atoms with Crippen molar-refractivity contribution in [1.29, 1.82) is 0 Å². The van der Waals surface area contributed by atoms with Gasteiger partial charge in [-0.25, -0.2) is 0 Å². The van der Waals surface area contributed by atoms with Gasteiger partial charge in [-0.1, -0.05) is 44.5 Å². The highest BCUT2D eigenvalue weighted by Gasteiger charge is 2.28. The molecule has 0 aliphatic heterocycles. The van der Waals surface area contributed by atoms with E-state index in [1.165, 1.54) is 29.5 Å². The van der Waals surface area contributed by atoms with Crippen LogP contribution in [0.15, 0.2) is 29.0 Å². The van der Waals surface area contributed by atoms with Crippen molar-refractivity contribution in [2.45, 2.75) is 57.3 Å². The number of hydrogen-bond donors (Lipinski definition) is 1. The third-order valence-corrected chi connectivity index (χ3v) is 7.06. The topological polar surface area (TPSA) is 59.8 Å². The number of amides is 1. The van der Waals surface area contributed by atoms with E-state index >= 15 is 0 Å². The van der Waals surface area contributed by atoms with Gasteiger partial charge in [0.25, 0.3) is 0 Å². The van der Waals surface area contributed by atoms with E-state index in [4.69, 9.17) is 0 Å². The number of rotatable bonds is 7. The van der Waals surface area contributed by atoms with Gasteiger partial charge in [-0.15, -0.1) is 21.5 Å². The van der Waals surface area contributed by atoms with Crippen molar-refractivity contribution in [2.24, 2.45) is 11.8 Å². The highest BCUT2D eigenvalue weighted by atomic mass is 32.2. The molecule has 0 aromatic carbocycles. The van der Waals surface area contributed by atoms with Crippen LogP contribution in [0.5, 0.6) is 0 Å². The van der Waals surface area contributed by atoms with Crippen molar-refractivity contribution in [1.82, 2.24) is 20.1 Å². The van der Waals surface area contributed by atoms with Crippen LogP contribution in [0, 0.1) is 11.8 Å². The third kappa shape index (κ3) is 5.07. The predicted octanol–water partition coefficient (Wildman–Crippen LogP) is 3.62. The summed E-state index contributed by atoms with van der Waals surface area (Å²) in [6, 6.07) is 4.52. The number of carbonyl (C=O) groups excluding carboxylic acids is 1. The van der Waals surface area contributed by atoms with E-state index in [1.54, 1.807) is 17.7 Å². The molecule has 25 heavy (non-hydrogen) atoms. The number of nitrogens with one attached hydrogen (secondary N) is 1. The number of carbonyl (C=O) groups is 1. The van der Waals surface area contributed by atoms with E-state index in [0.717, 1.165) is 24.5 Å². The molecule has 1 N–H and O–H groups in total. The molecule has 0 radical (unpaired) electrons. The summed E-state index contributed by atoms with van der Waals surface area (Å²) in [6.07, 6.45) is 6.29. The average molecular weight is 379 g/mol. The Morgan fingerprint density at radius 2 is 2.32 bits per heavy atom. The van der Waals surface area contributed by atoms with Gasteiger partial charge < -0.3 is 9.88 Å². The van der Waals surface area contributed by atoms with E-state index < -0.39 is 0 Å². The Balaban J connectivity index is 1.47. The second-order valence-electron chi connectivity index (χ2n) is 6.87. The summed E-state index contributed by atoms with van der Waals surface area (Å²) in [4.78, 5) is 13.7. The Morgan fingerprint density at radius 3 is 3.12 bits per heavy atom. The number of thiophene rings is 1. The Morgan fingerprint density at radius 1 is 1.44 bits per heavy atom. The summed E-state index contributed by atoms with van der Waals surface area (Å²) < 4.78 is 2.03. The minimum atomic E-state index is 0.101. The summed E-state index contributed by atoms with van der Waals surface area (Å²) in [6.45, 7) is 5.38. The fourth-order valence-corrected chi connectivity index (χ4v) is 4.81. The molecule has 0 saturated heterocycles. The van der Waals surface area contributed by atoms with E-state index in [0.29, 0.717) is 23.6 Å². The lowest BCUT2D eigenvalue weighted by molar-refractivity contribution is -0.120. The maximum absolute atomic E-state index is 12.3. The van der Waals surface area contributed by atoms with Crippen LogP contribution in [0.1, 0.15) is 38.0 Å². The molecule has 1 fully saturated rings. The number of thioether (sulfide) groups is 1. The van der Waals surface area contributed by atoms with Crippen molar-refractivity contribution >= 4 is 29.0 Å². The zero-order valence-electron chi connectivity index (χ0n) is 14.9. The summed E-state index contributed by atoms with van der Waals surface area (Å²) in [7, 11) is 0. The lowest BCUT2D eigenvalue weighted by atomic mass is 9.78. The largest absolute Gasteiger partial charge is 0.352 e. The SMILES string of the molecule is CC1CCCC(NC(=O)CSc2nncn2CCc2cccs2)C1C. The zero-order valence-corrected chi connectivity index (χ0v) is 16.5. The van der Waals surface area contributed by atoms with Gasteiger partial charge in [0.2, 0.25) is 5.91 Å². The van der Waals surface area contributed by atoms with Crippen molar-refractivity contribution in [3.8, 4) is 0 Å². The molecule has 1 aliphatic carbocycles. The van der Waals surface area contributed by atoms with Gasteiger partial charge in [0.15, 0.2) is 5.16 Å². The normalized spacial score (nSPS) is 23.5. The maximum atomic E-state index is 12.3. The molecule has 2 aromatic rings. The number of aromatic nitrogens is 3. The maximum Gasteiger partial charge on any atom is 0.230 e. The molecule has 5 nitrogen and oxygen atoms in total. The quantitative estimate of drug-likeness (QED) is 0.748. The van der Waals surface area contributed by atoms with Gasteiger partial charge in [-0.3, -0.25) is 4.79 Å². The highest BCUT2D eigenvalue weighted by molar-refractivity contribution is 7.99. The molecule has 3 unspecified atom stereocenters. The van der Waals surface area contributed by atoms with Crippen LogP contribution in [0.2, 0.25) is 0 Å². The first kappa shape index (κ1) is 18.5. The monoisotopic (exact) mass is 378 g/mol. The van der Waals surface area contributed by atoms with Crippen molar-refractivity contribution in [2.75, 3.05) is 5.75 Å². The van der Waals surface area contributed by atoms with Crippen LogP contribution in [-0.4, -0.2) is 32.5 Å². The summed E-state index contributed by atoms with van der Waals surface area (Å²) >= 11 is 3.23. The zero-order chi connectivity index (χ0) is 17.6. The smallest absolute Gasteiger partial charge is 0.230 e. The first-order valence-electron chi connectivity index (χ1n) is 8.96. The molecule has 136 valence electrons. The molecular formula is C18H26N4OS2. The van der Waals surface area contributed by atoms with Crippen molar-refractivity contribution in [3.05, 3.63) is 28.7 Å². The molecule has 3 rings (SSSR count). The fourth-order valence-electron chi connectivity index (χ4n) is 3.36. The second kappa shape index (κ2) is 8.85. The van der Waals surface area contributed by atoms with Crippen LogP contribution < -0.4 is 5.32 Å².